The Morgan fingerprint density at radius 2 is 2.08 bits per heavy atom. The van der Waals surface area contributed by atoms with E-state index >= 15 is 0 Å². The first-order valence-corrected chi connectivity index (χ1v) is 8.69. The van der Waals surface area contributed by atoms with Crippen molar-refractivity contribution in [3.8, 4) is 0 Å². The number of aromatic nitrogens is 1. The van der Waals surface area contributed by atoms with Crippen LogP contribution >= 0.6 is 11.6 Å². The minimum Gasteiger partial charge on any atom is -0.325 e. The van der Waals surface area contributed by atoms with Crippen LogP contribution in [0.1, 0.15) is 30.0 Å². The van der Waals surface area contributed by atoms with Gasteiger partial charge in [-0.1, -0.05) is 23.7 Å². The molecular weight excluding hydrogens is 322 g/mol. The SMILES string of the molecule is Cc1ccc(Cl)cc1NC(=O)CN1CCC(c2ccccn2)CC1. The van der Waals surface area contributed by atoms with Crippen LogP contribution in [-0.2, 0) is 4.79 Å². The summed E-state index contributed by atoms with van der Waals surface area (Å²) in [6, 6.07) is 11.6. The minimum atomic E-state index is 0.0108. The van der Waals surface area contributed by atoms with Crippen LogP contribution < -0.4 is 5.32 Å². The monoisotopic (exact) mass is 343 g/mol. The largest absolute Gasteiger partial charge is 0.325 e. The normalized spacial score (nSPS) is 16.1. The van der Waals surface area contributed by atoms with Crippen LogP contribution in [0.5, 0.6) is 0 Å². The summed E-state index contributed by atoms with van der Waals surface area (Å²) in [5.41, 5.74) is 2.97. The Kier molecular flexibility index (Phi) is 5.48. The molecule has 4 nitrogen and oxygen atoms in total. The van der Waals surface area contributed by atoms with E-state index in [2.05, 4.69) is 21.3 Å². The zero-order valence-corrected chi connectivity index (χ0v) is 14.6. The maximum atomic E-state index is 12.3. The molecule has 0 radical (unpaired) electrons. The third kappa shape index (κ3) is 4.34. The number of carbonyl (C=O) groups excluding carboxylic acids is 1. The third-order valence-electron chi connectivity index (χ3n) is 4.53. The number of aryl methyl sites for hydroxylation is 1. The molecule has 5 heteroatoms. The van der Waals surface area contributed by atoms with Gasteiger partial charge < -0.3 is 5.32 Å². The van der Waals surface area contributed by atoms with Crippen LogP contribution in [0, 0.1) is 6.92 Å². The number of nitrogens with zero attached hydrogens (tertiary/aromatic N) is 2. The predicted molar refractivity (Wildman–Crippen MR) is 97.5 cm³/mol. The van der Waals surface area contributed by atoms with Gasteiger partial charge in [0.2, 0.25) is 5.91 Å². The Labute approximate surface area is 147 Å². The van der Waals surface area contributed by atoms with Crippen LogP contribution in [0.4, 0.5) is 5.69 Å². The van der Waals surface area contributed by atoms with E-state index in [1.54, 1.807) is 6.07 Å². The van der Waals surface area contributed by atoms with Gasteiger partial charge in [-0.25, -0.2) is 0 Å². The van der Waals surface area contributed by atoms with Gasteiger partial charge in [0.1, 0.15) is 0 Å². The first kappa shape index (κ1) is 16.9. The Morgan fingerprint density at radius 1 is 1.29 bits per heavy atom. The molecule has 0 atom stereocenters. The topological polar surface area (TPSA) is 45.2 Å². The van der Waals surface area contributed by atoms with Crippen molar-refractivity contribution in [3.05, 3.63) is 58.9 Å². The smallest absolute Gasteiger partial charge is 0.238 e. The molecule has 126 valence electrons. The van der Waals surface area contributed by atoms with Crippen LogP contribution in [0.2, 0.25) is 5.02 Å². The second-order valence-corrected chi connectivity index (χ2v) is 6.75. The highest BCUT2D eigenvalue weighted by atomic mass is 35.5. The molecule has 3 rings (SSSR count). The van der Waals surface area contributed by atoms with E-state index in [-0.39, 0.29) is 5.91 Å². The van der Waals surface area contributed by atoms with Gasteiger partial charge in [0.25, 0.3) is 0 Å². The second kappa shape index (κ2) is 7.77. The second-order valence-electron chi connectivity index (χ2n) is 6.31. The zero-order valence-electron chi connectivity index (χ0n) is 13.8. The van der Waals surface area contributed by atoms with E-state index < -0.39 is 0 Å². The van der Waals surface area contributed by atoms with E-state index in [1.807, 2.05) is 37.4 Å². The molecule has 0 unspecified atom stereocenters. The summed E-state index contributed by atoms with van der Waals surface area (Å²) < 4.78 is 0. The van der Waals surface area contributed by atoms with Crippen molar-refractivity contribution in [2.75, 3.05) is 25.0 Å². The molecule has 0 spiro atoms. The van der Waals surface area contributed by atoms with E-state index in [1.165, 1.54) is 0 Å². The quantitative estimate of drug-likeness (QED) is 0.916. The van der Waals surface area contributed by atoms with Gasteiger partial charge in [0.15, 0.2) is 0 Å². The summed E-state index contributed by atoms with van der Waals surface area (Å²) >= 11 is 6.00. The van der Waals surface area contributed by atoms with Crippen molar-refractivity contribution in [2.24, 2.45) is 0 Å². The number of anilines is 1. The molecule has 0 aliphatic carbocycles. The molecule has 1 aromatic carbocycles. The fraction of sp³-hybridized carbons (Fsp3) is 0.368. The number of piperidine rings is 1. The fourth-order valence-electron chi connectivity index (χ4n) is 3.13. The average Bonchev–Trinajstić information content (AvgIpc) is 2.59. The first-order valence-electron chi connectivity index (χ1n) is 8.31. The summed E-state index contributed by atoms with van der Waals surface area (Å²) in [6.07, 6.45) is 3.93. The van der Waals surface area contributed by atoms with Gasteiger partial charge in [-0.2, -0.15) is 0 Å². The van der Waals surface area contributed by atoms with Gasteiger partial charge in [-0.15, -0.1) is 0 Å². The highest BCUT2D eigenvalue weighted by molar-refractivity contribution is 6.31. The molecular formula is C19H22ClN3O. The number of pyridine rings is 1. The fourth-order valence-corrected chi connectivity index (χ4v) is 3.30. The number of amides is 1. The maximum Gasteiger partial charge on any atom is 0.238 e. The van der Waals surface area contributed by atoms with Gasteiger partial charge in [0.05, 0.1) is 6.54 Å². The lowest BCUT2D eigenvalue weighted by Crippen LogP contribution is -2.38. The standard InChI is InChI=1S/C19H22ClN3O/c1-14-5-6-16(20)12-18(14)22-19(24)13-23-10-7-15(8-11-23)17-4-2-3-9-21-17/h2-6,9,12,15H,7-8,10-11,13H2,1H3,(H,22,24). The highest BCUT2D eigenvalue weighted by Gasteiger charge is 2.22. The van der Waals surface area contributed by atoms with Crippen molar-refractivity contribution >= 4 is 23.2 Å². The summed E-state index contributed by atoms with van der Waals surface area (Å²) in [7, 11) is 0. The van der Waals surface area contributed by atoms with Gasteiger partial charge in [0, 0.05) is 28.5 Å². The average molecular weight is 344 g/mol. The molecule has 1 amide bonds. The molecule has 2 aromatic rings. The Morgan fingerprint density at radius 3 is 2.79 bits per heavy atom. The van der Waals surface area contributed by atoms with E-state index in [0.717, 1.165) is 42.9 Å². The lowest BCUT2D eigenvalue weighted by Gasteiger charge is -2.31. The number of halogens is 1. The number of benzene rings is 1. The van der Waals surface area contributed by atoms with Crippen molar-refractivity contribution in [2.45, 2.75) is 25.7 Å². The Balaban J connectivity index is 1.51. The molecule has 0 saturated carbocycles. The Bertz CT molecular complexity index is 697. The molecule has 1 saturated heterocycles. The Hall–Kier alpha value is -1.91. The van der Waals surface area contributed by atoms with E-state index in [0.29, 0.717) is 17.5 Å². The number of carbonyl (C=O) groups is 1. The van der Waals surface area contributed by atoms with Gasteiger partial charge in [-0.05, 0) is 62.7 Å². The van der Waals surface area contributed by atoms with Crippen LogP contribution in [-0.4, -0.2) is 35.4 Å². The molecule has 1 aromatic heterocycles. The number of hydrogen-bond acceptors (Lipinski definition) is 3. The summed E-state index contributed by atoms with van der Waals surface area (Å²) in [5, 5.41) is 3.60. The third-order valence-corrected chi connectivity index (χ3v) is 4.77. The van der Waals surface area contributed by atoms with Gasteiger partial charge in [-0.3, -0.25) is 14.7 Å². The number of nitrogens with one attached hydrogen (secondary N) is 1. The predicted octanol–water partition coefficient (Wildman–Crippen LogP) is 3.86. The van der Waals surface area contributed by atoms with Crippen LogP contribution in [0.15, 0.2) is 42.6 Å². The molecule has 0 bridgehead atoms. The number of likely N-dealkylation sites (tertiary alicyclic amines) is 1. The van der Waals surface area contributed by atoms with Crippen molar-refractivity contribution in [1.29, 1.82) is 0 Å². The molecule has 24 heavy (non-hydrogen) atoms. The zero-order chi connectivity index (χ0) is 16.9. The summed E-state index contributed by atoms with van der Waals surface area (Å²) in [5.74, 6) is 0.511. The first-order chi connectivity index (χ1) is 11.6. The minimum absolute atomic E-state index is 0.0108. The highest BCUT2D eigenvalue weighted by Crippen LogP contribution is 2.26. The number of rotatable bonds is 4. The van der Waals surface area contributed by atoms with Crippen molar-refractivity contribution < 1.29 is 4.79 Å². The van der Waals surface area contributed by atoms with Crippen LogP contribution in [0.3, 0.4) is 0 Å². The van der Waals surface area contributed by atoms with E-state index in [4.69, 9.17) is 11.6 Å². The van der Waals surface area contributed by atoms with E-state index in [9.17, 15) is 4.79 Å². The van der Waals surface area contributed by atoms with Crippen molar-refractivity contribution in [1.82, 2.24) is 9.88 Å². The van der Waals surface area contributed by atoms with Crippen molar-refractivity contribution in [3.63, 3.8) is 0 Å². The molecule has 1 N–H and O–H groups in total. The summed E-state index contributed by atoms with van der Waals surface area (Å²) in [6.45, 7) is 4.22. The lowest BCUT2D eigenvalue weighted by atomic mass is 9.93. The molecule has 1 fully saturated rings. The lowest BCUT2D eigenvalue weighted by molar-refractivity contribution is -0.117. The maximum absolute atomic E-state index is 12.3. The van der Waals surface area contributed by atoms with Gasteiger partial charge >= 0.3 is 0 Å². The molecule has 1 aliphatic rings. The molecule has 1 aliphatic heterocycles. The van der Waals surface area contributed by atoms with Crippen LogP contribution in [0.25, 0.3) is 0 Å². The molecule has 2 heterocycles. The summed E-state index contributed by atoms with van der Waals surface area (Å²) in [4.78, 5) is 18.9. The number of hydrogen-bond donors (Lipinski definition) is 1.